The van der Waals surface area contributed by atoms with Crippen LogP contribution >= 0.6 is 11.3 Å². The van der Waals surface area contributed by atoms with Crippen LogP contribution in [0.2, 0.25) is 0 Å². The summed E-state index contributed by atoms with van der Waals surface area (Å²) < 4.78 is 1.22. The Bertz CT molecular complexity index is 2510. The Hall–Kier alpha value is -6.23. The summed E-state index contributed by atoms with van der Waals surface area (Å²) in [5.74, 6) is 0. The molecular weight excluding hydrogens is 615 g/mol. The Labute approximate surface area is 289 Å². The molecule has 232 valence electrons. The molecule has 9 rings (SSSR count). The third kappa shape index (κ3) is 5.38. The molecule has 9 aromatic rings. The maximum absolute atomic E-state index is 5.07. The maximum Gasteiger partial charge on any atom is 0.124 e. The number of aromatic nitrogens is 1. The first-order valence-electron chi connectivity index (χ1n) is 16.5. The fourth-order valence-electron chi connectivity index (χ4n) is 6.75. The van der Waals surface area contributed by atoms with Crippen LogP contribution in [0, 0.1) is 0 Å². The van der Waals surface area contributed by atoms with E-state index in [0.29, 0.717) is 0 Å². The molecule has 0 saturated heterocycles. The predicted octanol–water partition coefficient (Wildman–Crippen LogP) is 13.2. The number of thiazole rings is 1. The third-order valence-corrected chi connectivity index (χ3v) is 10.1. The molecule has 0 unspecified atom stereocenters. The molecule has 0 fully saturated rings. The molecule has 4 heteroatoms. The van der Waals surface area contributed by atoms with Crippen LogP contribution in [-0.4, -0.2) is 4.98 Å². The molecule has 1 aromatic heterocycles. The monoisotopic (exact) mass is 645 g/mol. The average Bonchev–Trinajstić information content (AvgIpc) is 3.62. The lowest BCUT2D eigenvalue weighted by Gasteiger charge is -2.29. The molecule has 0 saturated carbocycles. The van der Waals surface area contributed by atoms with Crippen molar-refractivity contribution in [1.29, 1.82) is 0 Å². The van der Waals surface area contributed by atoms with E-state index in [-0.39, 0.29) is 0 Å². The quantitative estimate of drug-likeness (QED) is 0.161. The summed E-state index contributed by atoms with van der Waals surface area (Å²) in [6.07, 6.45) is 0. The van der Waals surface area contributed by atoms with Crippen molar-refractivity contribution in [2.75, 3.05) is 9.80 Å². The molecule has 0 aliphatic rings. The lowest BCUT2D eigenvalue weighted by Crippen LogP contribution is -2.13. The largest absolute Gasteiger partial charge is 0.310 e. The van der Waals surface area contributed by atoms with Crippen LogP contribution in [0.3, 0.4) is 0 Å². The highest BCUT2D eigenvalue weighted by Crippen LogP contribution is 2.43. The first-order chi connectivity index (χ1) is 24.3. The van der Waals surface area contributed by atoms with Crippen LogP contribution in [0.4, 0.5) is 34.1 Å². The van der Waals surface area contributed by atoms with Crippen molar-refractivity contribution in [2.24, 2.45) is 0 Å². The van der Waals surface area contributed by atoms with Gasteiger partial charge in [-0.05, 0) is 89.0 Å². The minimum atomic E-state index is 1.03. The van der Waals surface area contributed by atoms with Gasteiger partial charge in [-0.3, -0.25) is 0 Å². The second-order valence-electron chi connectivity index (χ2n) is 12.1. The molecule has 3 nitrogen and oxygen atoms in total. The summed E-state index contributed by atoms with van der Waals surface area (Å²) in [4.78, 5) is 9.74. The molecule has 0 aliphatic carbocycles. The van der Waals surface area contributed by atoms with Gasteiger partial charge in [-0.25, -0.2) is 4.98 Å². The fraction of sp³-hybridized carbons (Fsp3) is 0. The second kappa shape index (κ2) is 12.4. The van der Waals surface area contributed by atoms with E-state index in [1.165, 1.54) is 26.2 Å². The molecule has 0 amide bonds. The van der Waals surface area contributed by atoms with E-state index in [0.717, 1.165) is 50.2 Å². The van der Waals surface area contributed by atoms with Crippen LogP contribution in [0.5, 0.6) is 0 Å². The number of hydrogen-bond acceptors (Lipinski definition) is 4. The first kappa shape index (κ1) is 29.0. The van der Waals surface area contributed by atoms with Crippen molar-refractivity contribution in [2.45, 2.75) is 0 Å². The van der Waals surface area contributed by atoms with Crippen molar-refractivity contribution in [1.82, 2.24) is 4.98 Å². The van der Waals surface area contributed by atoms with E-state index >= 15 is 0 Å². The zero-order valence-corrected chi connectivity index (χ0v) is 27.5. The first-order valence-corrected chi connectivity index (χ1v) is 17.3. The Balaban J connectivity index is 1.23. The van der Waals surface area contributed by atoms with Crippen molar-refractivity contribution in [3.05, 3.63) is 188 Å². The van der Waals surface area contributed by atoms with E-state index < -0.39 is 0 Å². The Morgan fingerprint density at radius 2 is 0.857 bits per heavy atom. The number of para-hydroxylation sites is 3. The van der Waals surface area contributed by atoms with E-state index in [4.69, 9.17) is 4.98 Å². The van der Waals surface area contributed by atoms with E-state index in [9.17, 15) is 0 Å². The van der Waals surface area contributed by atoms with Gasteiger partial charge >= 0.3 is 0 Å². The topological polar surface area (TPSA) is 19.4 Å². The lowest BCUT2D eigenvalue weighted by atomic mass is 10.0. The van der Waals surface area contributed by atoms with Gasteiger partial charge in [0.25, 0.3) is 0 Å². The SMILES string of the molecule is c1ccc(-c2nc3ccc4ccc5ccc(N(c6ccccc6)c6cccc(N(c7ccccc7)c7ccccc7)c6)cc5c4c3s2)cc1. The van der Waals surface area contributed by atoms with E-state index in [2.05, 4.69) is 198 Å². The summed E-state index contributed by atoms with van der Waals surface area (Å²) in [7, 11) is 0. The lowest BCUT2D eigenvalue weighted by molar-refractivity contribution is 1.25. The smallest absolute Gasteiger partial charge is 0.124 e. The average molecular weight is 646 g/mol. The predicted molar refractivity (Wildman–Crippen MR) is 209 cm³/mol. The van der Waals surface area contributed by atoms with Gasteiger partial charge in [-0.1, -0.05) is 115 Å². The molecule has 1 heterocycles. The molecule has 0 bridgehead atoms. The van der Waals surface area contributed by atoms with Gasteiger partial charge in [0.15, 0.2) is 0 Å². The van der Waals surface area contributed by atoms with Gasteiger partial charge < -0.3 is 9.80 Å². The minimum Gasteiger partial charge on any atom is -0.310 e. The number of benzene rings is 8. The van der Waals surface area contributed by atoms with Crippen molar-refractivity contribution >= 4 is 77.2 Å². The Morgan fingerprint density at radius 1 is 0.388 bits per heavy atom. The highest BCUT2D eigenvalue weighted by Gasteiger charge is 2.18. The van der Waals surface area contributed by atoms with Crippen LogP contribution in [-0.2, 0) is 0 Å². The van der Waals surface area contributed by atoms with Gasteiger partial charge in [0, 0.05) is 45.1 Å². The summed E-state index contributed by atoms with van der Waals surface area (Å²) >= 11 is 1.77. The van der Waals surface area contributed by atoms with Gasteiger partial charge in [-0.15, -0.1) is 11.3 Å². The summed E-state index contributed by atoms with van der Waals surface area (Å²) in [6.45, 7) is 0. The number of nitrogens with zero attached hydrogens (tertiary/aromatic N) is 3. The molecular formula is C45H31N3S. The third-order valence-electron chi connectivity index (χ3n) is 9.01. The van der Waals surface area contributed by atoms with Gasteiger partial charge in [-0.2, -0.15) is 0 Å². The van der Waals surface area contributed by atoms with Gasteiger partial charge in [0.1, 0.15) is 5.01 Å². The van der Waals surface area contributed by atoms with E-state index in [1.54, 1.807) is 11.3 Å². The number of rotatable bonds is 7. The van der Waals surface area contributed by atoms with Gasteiger partial charge in [0.2, 0.25) is 0 Å². The van der Waals surface area contributed by atoms with Crippen LogP contribution in [0.25, 0.3) is 42.3 Å². The molecule has 0 aliphatic heterocycles. The van der Waals surface area contributed by atoms with Crippen molar-refractivity contribution < 1.29 is 0 Å². The minimum absolute atomic E-state index is 1.03. The molecule has 0 spiro atoms. The Morgan fingerprint density at radius 3 is 1.47 bits per heavy atom. The number of anilines is 6. The molecule has 0 N–H and O–H groups in total. The fourth-order valence-corrected chi connectivity index (χ4v) is 7.89. The normalized spacial score (nSPS) is 11.3. The highest BCUT2D eigenvalue weighted by molar-refractivity contribution is 7.22. The van der Waals surface area contributed by atoms with Crippen LogP contribution < -0.4 is 9.80 Å². The molecule has 0 atom stereocenters. The van der Waals surface area contributed by atoms with Crippen molar-refractivity contribution in [3.63, 3.8) is 0 Å². The molecule has 0 radical (unpaired) electrons. The van der Waals surface area contributed by atoms with Crippen LogP contribution in [0.1, 0.15) is 0 Å². The zero-order chi connectivity index (χ0) is 32.6. The molecule has 8 aromatic carbocycles. The van der Waals surface area contributed by atoms with Crippen LogP contribution in [0.15, 0.2) is 188 Å². The summed E-state index contributed by atoms with van der Waals surface area (Å²) in [5.41, 5.74) is 8.75. The maximum atomic E-state index is 5.07. The van der Waals surface area contributed by atoms with Gasteiger partial charge in [0.05, 0.1) is 10.2 Å². The Kier molecular flexibility index (Phi) is 7.34. The zero-order valence-electron chi connectivity index (χ0n) is 26.6. The molecule has 49 heavy (non-hydrogen) atoms. The number of hydrogen-bond donors (Lipinski definition) is 0. The van der Waals surface area contributed by atoms with E-state index in [1.807, 2.05) is 0 Å². The standard InChI is InChI=1S/C45H31N3S/c1-5-14-34(15-6-1)45-46-42-29-27-33-25-24-32-26-28-40(31-41(32)43(33)44(42)49-45)48(37-20-11-4-12-21-37)39-23-13-22-38(30-39)47(35-16-7-2-8-17-35)36-18-9-3-10-19-36/h1-31H. The summed E-state index contributed by atoms with van der Waals surface area (Å²) in [6, 6.07) is 66.7. The highest BCUT2D eigenvalue weighted by atomic mass is 32.1. The number of fused-ring (bicyclic) bond motifs is 5. The summed E-state index contributed by atoms with van der Waals surface area (Å²) in [5, 5.41) is 5.93. The second-order valence-corrected chi connectivity index (χ2v) is 13.1. The van der Waals surface area contributed by atoms with Crippen molar-refractivity contribution in [3.8, 4) is 10.6 Å².